The molecule has 30 heavy (non-hydrogen) atoms. The van der Waals surface area contributed by atoms with Crippen LogP contribution in [0.5, 0.6) is 0 Å². The number of benzene rings is 1. The molecule has 1 atom stereocenters. The number of aromatic nitrogens is 2. The largest absolute Gasteiger partial charge is 0.459 e. The molecule has 0 aliphatic rings. The standard InChI is InChI=1S/C21H21ClN2O5S/c1-4-12(2)29-21(27)18-13(3)17-19(30-18)23-11-24(20(17)26)9-16(25)28-10-14-7-5-6-8-15(14)22/h5-8,11-12H,4,9-10H2,1-3H3. The van der Waals surface area contributed by atoms with Crippen molar-refractivity contribution < 1.29 is 19.1 Å². The lowest BCUT2D eigenvalue weighted by atomic mass is 10.2. The summed E-state index contributed by atoms with van der Waals surface area (Å²) in [7, 11) is 0. The second-order valence-electron chi connectivity index (χ2n) is 6.79. The van der Waals surface area contributed by atoms with Crippen LogP contribution in [0.15, 0.2) is 35.4 Å². The molecule has 0 saturated heterocycles. The number of thiophene rings is 1. The van der Waals surface area contributed by atoms with E-state index in [1.165, 1.54) is 10.9 Å². The molecule has 0 N–H and O–H groups in total. The third kappa shape index (κ3) is 4.71. The molecule has 0 aliphatic heterocycles. The van der Waals surface area contributed by atoms with Gasteiger partial charge in [-0.3, -0.25) is 14.2 Å². The molecule has 1 unspecified atom stereocenters. The van der Waals surface area contributed by atoms with E-state index in [0.29, 0.717) is 37.7 Å². The van der Waals surface area contributed by atoms with E-state index in [9.17, 15) is 14.4 Å². The Morgan fingerprint density at radius 2 is 2.03 bits per heavy atom. The van der Waals surface area contributed by atoms with Crippen LogP contribution < -0.4 is 5.56 Å². The van der Waals surface area contributed by atoms with Gasteiger partial charge in [0, 0.05) is 10.6 Å². The third-order valence-electron chi connectivity index (χ3n) is 4.63. The van der Waals surface area contributed by atoms with E-state index in [1.54, 1.807) is 38.1 Å². The van der Waals surface area contributed by atoms with E-state index >= 15 is 0 Å². The zero-order chi connectivity index (χ0) is 21.8. The highest BCUT2D eigenvalue weighted by Crippen LogP contribution is 2.28. The minimum absolute atomic E-state index is 0.00596. The maximum atomic E-state index is 12.9. The molecular formula is C21H21ClN2O5S. The van der Waals surface area contributed by atoms with Crippen molar-refractivity contribution in [2.45, 2.75) is 46.4 Å². The fourth-order valence-corrected chi connectivity index (χ4v) is 3.96. The maximum Gasteiger partial charge on any atom is 0.348 e. The summed E-state index contributed by atoms with van der Waals surface area (Å²) >= 11 is 7.16. The van der Waals surface area contributed by atoms with Crippen molar-refractivity contribution >= 4 is 45.1 Å². The van der Waals surface area contributed by atoms with Crippen LogP contribution in [0.2, 0.25) is 5.02 Å². The van der Waals surface area contributed by atoms with Gasteiger partial charge in [0.15, 0.2) is 0 Å². The van der Waals surface area contributed by atoms with Gasteiger partial charge in [-0.15, -0.1) is 11.3 Å². The van der Waals surface area contributed by atoms with Gasteiger partial charge in [0.25, 0.3) is 5.56 Å². The number of rotatable bonds is 7. The molecule has 1 aromatic carbocycles. The van der Waals surface area contributed by atoms with E-state index in [-0.39, 0.29) is 19.3 Å². The number of fused-ring (bicyclic) bond motifs is 1. The summed E-state index contributed by atoms with van der Waals surface area (Å²) in [5, 5.41) is 0.800. The first kappa shape index (κ1) is 22.0. The smallest absolute Gasteiger partial charge is 0.348 e. The normalized spacial score (nSPS) is 12.0. The van der Waals surface area contributed by atoms with Crippen molar-refractivity contribution in [2.75, 3.05) is 0 Å². The Bertz CT molecular complexity index is 1150. The number of nitrogens with zero attached hydrogens (tertiary/aromatic N) is 2. The number of carbonyl (C=O) groups excluding carboxylic acids is 2. The fourth-order valence-electron chi connectivity index (χ4n) is 2.74. The molecule has 0 aliphatic carbocycles. The van der Waals surface area contributed by atoms with E-state index in [0.717, 1.165) is 11.3 Å². The molecule has 0 spiro atoms. The van der Waals surface area contributed by atoms with Crippen LogP contribution in [0.3, 0.4) is 0 Å². The van der Waals surface area contributed by atoms with Crippen molar-refractivity contribution in [1.29, 1.82) is 0 Å². The number of carbonyl (C=O) groups is 2. The van der Waals surface area contributed by atoms with Gasteiger partial charge in [-0.2, -0.15) is 0 Å². The Balaban J connectivity index is 1.79. The molecule has 3 aromatic rings. The average Bonchev–Trinajstić information content (AvgIpc) is 3.06. The quantitative estimate of drug-likeness (QED) is 0.505. The lowest BCUT2D eigenvalue weighted by Crippen LogP contribution is -2.25. The number of halogens is 1. The van der Waals surface area contributed by atoms with Crippen LogP contribution in [-0.4, -0.2) is 27.6 Å². The molecular weight excluding hydrogens is 428 g/mol. The van der Waals surface area contributed by atoms with Crippen LogP contribution in [-0.2, 0) is 27.4 Å². The van der Waals surface area contributed by atoms with Gasteiger partial charge in [-0.25, -0.2) is 9.78 Å². The van der Waals surface area contributed by atoms with Gasteiger partial charge in [-0.05, 0) is 31.9 Å². The first-order chi connectivity index (χ1) is 14.3. The van der Waals surface area contributed by atoms with Gasteiger partial charge >= 0.3 is 11.9 Å². The van der Waals surface area contributed by atoms with E-state index in [4.69, 9.17) is 21.1 Å². The highest BCUT2D eigenvalue weighted by molar-refractivity contribution is 7.20. The van der Waals surface area contributed by atoms with Crippen molar-refractivity contribution in [3.8, 4) is 0 Å². The molecule has 3 rings (SSSR count). The summed E-state index contributed by atoms with van der Waals surface area (Å²) in [6, 6.07) is 7.03. The first-order valence-electron chi connectivity index (χ1n) is 9.40. The van der Waals surface area contributed by atoms with Crippen molar-refractivity contribution in [1.82, 2.24) is 9.55 Å². The van der Waals surface area contributed by atoms with Crippen LogP contribution in [0.1, 0.15) is 41.1 Å². The van der Waals surface area contributed by atoms with E-state index in [1.807, 2.05) is 6.92 Å². The molecule has 0 radical (unpaired) electrons. The molecule has 2 aromatic heterocycles. The minimum atomic E-state index is -0.595. The Morgan fingerprint density at radius 3 is 2.73 bits per heavy atom. The van der Waals surface area contributed by atoms with Gasteiger partial charge in [0.05, 0.1) is 17.8 Å². The summed E-state index contributed by atoms with van der Waals surface area (Å²) in [4.78, 5) is 42.5. The molecule has 0 fully saturated rings. The zero-order valence-corrected chi connectivity index (χ0v) is 18.4. The SMILES string of the molecule is CCC(C)OC(=O)c1sc2ncn(CC(=O)OCc3ccccc3Cl)c(=O)c2c1C. The number of aryl methyl sites for hydroxylation is 1. The topological polar surface area (TPSA) is 87.5 Å². The Hall–Kier alpha value is -2.71. The van der Waals surface area contributed by atoms with Crippen molar-refractivity contribution in [2.24, 2.45) is 0 Å². The Kier molecular flexibility index (Phi) is 6.89. The zero-order valence-electron chi connectivity index (χ0n) is 16.8. The van der Waals surface area contributed by atoms with Gasteiger partial charge in [-0.1, -0.05) is 36.7 Å². The van der Waals surface area contributed by atoms with Crippen LogP contribution in [0.25, 0.3) is 10.2 Å². The van der Waals surface area contributed by atoms with Crippen molar-refractivity contribution in [3.05, 3.63) is 62.0 Å². The summed E-state index contributed by atoms with van der Waals surface area (Å²) < 4.78 is 11.8. The highest BCUT2D eigenvalue weighted by Gasteiger charge is 2.22. The van der Waals surface area contributed by atoms with Crippen molar-refractivity contribution in [3.63, 3.8) is 0 Å². The number of hydrogen-bond acceptors (Lipinski definition) is 7. The molecule has 0 bridgehead atoms. The minimum Gasteiger partial charge on any atom is -0.459 e. The van der Waals surface area contributed by atoms with Crippen LogP contribution in [0.4, 0.5) is 0 Å². The second-order valence-corrected chi connectivity index (χ2v) is 8.20. The number of hydrogen-bond donors (Lipinski definition) is 0. The van der Waals surface area contributed by atoms with Gasteiger partial charge in [0.1, 0.15) is 22.9 Å². The summed E-state index contributed by atoms with van der Waals surface area (Å²) in [6.07, 6.45) is 1.75. The predicted molar refractivity (Wildman–Crippen MR) is 115 cm³/mol. The molecule has 0 saturated carbocycles. The fraction of sp³-hybridized carbons (Fsp3) is 0.333. The van der Waals surface area contributed by atoms with Crippen LogP contribution in [0, 0.1) is 6.92 Å². The number of ether oxygens (including phenoxy) is 2. The van der Waals surface area contributed by atoms with Crippen LogP contribution >= 0.6 is 22.9 Å². The first-order valence-corrected chi connectivity index (χ1v) is 10.6. The van der Waals surface area contributed by atoms with E-state index in [2.05, 4.69) is 4.98 Å². The monoisotopic (exact) mass is 448 g/mol. The van der Waals surface area contributed by atoms with E-state index < -0.39 is 17.5 Å². The average molecular weight is 449 g/mol. The highest BCUT2D eigenvalue weighted by atomic mass is 35.5. The summed E-state index contributed by atoms with van der Waals surface area (Å²) in [5.41, 5.74) is 0.761. The summed E-state index contributed by atoms with van der Waals surface area (Å²) in [6.45, 7) is 5.11. The molecule has 158 valence electrons. The third-order valence-corrected chi connectivity index (χ3v) is 6.18. The maximum absolute atomic E-state index is 12.9. The Labute approximate surface area is 182 Å². The summed E-state index contributed by atoms with van der Waals surface area (Å²) in [5.74, 6) is -1.07. The lowest BCUT2D eigenvalue weighted by molar-refractivity contribution is -0.145. The van der Waals surface area contributed by atoms with Gasteiger partial charge < -0.3 is 9.47 Å². The van der Waals surface area contributed by atoms with Gasteiger partial charge in [0.2, 0.25) is 0 Å². The number of esters is 2. The molecule has 0 amide bonds. The second kappa shape index (κ2) is 9.40. The molecule has 9 heteroatoms. The molecule has 2 heterocycles. The predicted octanol–water partition coefficient (Wildman–Crippen LogP) is 4.12. The Morgan fingerprint density at radius 1 is 1.30 bits per heavy atom. The molecule has 7 nitrogen and oxygen atoms in total. The lowest BCUT2D eigenvalue weighted by Gasteiger charge is -2.09.